The Balaban J connectivity index is 1.57. The van der Waals surface area contributed by atoms with Crippen LogP contribution in [0.25, 0.3) is 0 Å². The van der Waals surface area contributed by atoms with E-state index < -0.39 is 0 Å². The SMILES string of the molecule is C[C@@H](NC(=O)c1ccc(OCc2ccccc2)cc1)c1ccc(Cl)cc1. The first-order valence-corrected chi connectivity index (χ1v) is 8.83. The highest BCUT2D eigenvalue weighted by atomic mass is 35.5. The molecule has 1 atom stereocenters. The molecular formula is C22H20ClNO2. The van der Waals surface area contributed by atoms with Gasteiger partial charge in [0.2, 0.25) is 0 Å². The van der Waals surface area contributed by atoms with Gasteiger partial charge in [-0.1, -0.05) is 54.1 Å². The molecule has 1 amide bonds. The van der Waals surface area contributed by atoms with Crippen LogP contribution < -0.4 is 10.1 Å². The number of ether oxygens (including phenoxy) is 1. The molecule has 0 spiro atoms. The number of benzene rings is 3. The smallest absolute Gasteiger partial charge is 0.251 e. The Bertz CT molecular complexity index is 846. The fourth-order valence-corrected chi connectivity index (χ4v) is 2.68. The van der Waals surface area contributed by atoms with Crippen molar-refractivity contribution in [1.29, 1.82) is 0 Å². The topological polar surface area (TPSA) is 38.3 Å². The van der Waals surface area contributed by atoms with Crippen molar-refractivity contribution in [2.24, 2.45) is 0 Å². The van der Waals surface area contributed by atoms with Crippen LogP contribution in [0.15, 0.2) is 78.9 Å². The van der Waals surface area contributed by atoms with E-state index in [0.717, 1.165) is 16.9 Å². The third-order valence-corrected chi connectivity index (χ3v) is 4.33. The molecule has 4 heteroatoms. The van der Waals surface area contributed by atoms with Crippen molar-refractivity contribution < 1.29 is 9.53 Å². The largest absolute Gasteiger partial charge is 0.489 e. The van der Waals surface area contributed by atoms with Crippen molar-refractivity contribution in [2.75, 3.05) is 0 Å². The molecule has 3 nitrogen and oxygen atoms in total. The summed E-state index contributed by atoms with van der Waals surface area (Å²) in [6.45, 7) is 2.44. The second-order valence-corrected chi connectivity index (χ2v) is 6.48. The maximum atomic E-state index is 12.4. The third-order valence-electron chi connectivity index (χ3n) is 4.08. The van der Waals surface area contributed by atoms with Crippen molar-refractivity contribution in [2.45, 2.75) is 19.6 Å². The summed E-state index contributed by atoms with van der Waals surface area (Å²) in [7, 11) is 0. The van der Waals surface area contributed by atoms with Gasteiger partial charge in [-0.05, 0) is 54.4 Å². The lowest BCUT2D eigenvalue weighted by Crippen LogP contribution is -2.26. The third kappa shape index (κ3) is 4.87. The summed E-state index contributed by atoms with van der Waals surface area (Å²) in [5, 5.41) is 3.67. The van der Waals surface area contributed by atoms with Crippen LogP contribution in [-0.4, -0.2) is 5.91 Å². The second-order valence-electron chi connectivity index (χ2n) is 6.05. The van der Waals surface area contributed by atoms with Gasteiger partial charge >= 0.3 is 0 Å². The zero-order valence-electron chi connectivity index (χ0n) is 14.5. The molecule has 26 heavy (non-hydrogen) atoms. The maximum Gasteiger partial charge on any atom is 0.251 e. The Morgan fingerprint density at radius 3 is 2.27 bits per heavy atom. The van der Waals surface area contributed by atoms with Crippen molar-refractivity contribution in [3.05, 3.63) is 101 Å². The molecule has 0 saturated heterocycles. The minimum atomic E-state index is -0.123. The van der Waals surface area contributed by atoms with Gasteiger partial charge in [-0.3, -0.25) is 4.79 Å². The first-order valence-electron chi connectivity index (χ1n) is 8.45. The monoisotopic (exact) mass is 365 g/mol. The molecule has 0 bridgehead atoms. The number of amides is 1. The number of carbonyl (C=O) groups excluding carboxylic acids is 1. The van der Waals surface area contributed by atoms with Crippen LogP contribution in [0.5, 0.6) is 5.75 Å². The molecule has 0 radical (unpaired) electrons. The lowest BCUT2D eigenvalue weighted by atomic mass is 10.1. The number of nitrogens with one attached hydrogen (secondary N) is 1. The first-order chi connectivity index (χ1) is 12.6. The molecule has 3 aromatic carbocycles. The van der Waals surface area contributed by atoms with Crippen LogP contribution in [0.3, 0.4) is 0 Å². The van der Waals surface area contributed by atoms with Gasteiger partial charge in [-0.15, -0.1) is 0 Å². The highest BCUT2D eigenvalue weighted by Gasteiger charge is 2.11. The summed E-state index contributed by atoms with van der Waals surface area (Å²) in [5.74, 6) is 0.609. The molecule has 0 unspecified atom stereocenters. The number of hydrogen-bond acceptors (Lipinski definition) is 2. The van der Waals surface area contributed by atoms with Crippen LogP contribution in [-0.2, 0) is 6.61 Å². The number of hydrogen-bond donors (Lipinski definition) is 1. The van der Waals surface area contributed by atoms with E-state index in [1.807, 2.05) is 73.7 Å². The van der Waals surface area contributed by atoms with E-state index in [0.29, 0.717) is 17.2 Å². The van der Waals surface area contributed by atoms with Gasteiger partial charge in [0.05, 0.1) is 6.04 Å². The van der Waals surface area contributed by atoms with Crippen LogP contribution in [0, 0.1) is 0 Å². The predicted octanol–water partition coefficient (Wildman–Crippen LogP) is 5.41. The molecule has 0 aromatic heterocycles. The second kappa shape index (κ2) is 8.54. The van der Waals surface area contributed by atoms with E-state index >= 15 is 0 Å². The predicted molar refractivity (Wildman–Crippen MR) is 105 cm³/mol. The average molecular weight is 366 g/mol. The molecule has 3 rings (SSSR count). The van der Waals surface area contributed by atoms with E-state index in [1.54, 1.807) is 12.1 Å². The Hall–Kier alpha value is -2.78. The van der Waals surface area contributed by atoms with Gasteiger partial charge in [-0.25, -0.2) is 0 Å². The zero-order valence-corrected chi connectivity index (χ0v) is 15.2. The highest BCUT2D eigenvalue weighted by molar-refractivity contribution is 6.30. The summed E-state index contributed by atoms with van der Waals surface area (Å²) in [5.41, 5.74) is 2.70. The molecule has 0 aliphatic rings. The normalized spacial score (nSPS) is 11.6. The molecule has 1 N–H and O–H groups in total. The lowest BCUT2D eigenvalue weighted by Gasteiger charge is -2.15. The summed E-state index contributed by atoms with van der Waals surface area (Å²) in [6.07, 6.45) is 0. The van der Waals surface area contributed by atoms with E-state index in [9.17, 15) is 4.79 Å². The van der Waals surface area contributed by atoms with Crippen molar-refractivity contribution in [1.82, 2.24) is 5.32 Å². The molecule has 0 heterocycles. The van der Waals surface area contributed by atoms with E-state index in [4.69, 9.17) is 16.3 Å². The van der Waals surface area contributed by atoms with Crippen LogP contribution in [0.1, 0.15) is 34.5 Å². The van der Waals surface area contributed by atoms with Crippen LogP contribution in [0.2, 0.25) is 5.02 Å². The Labute approximate surface area is 158 Å². The summed E-state index contributed by atoms with van der Waals surface area (Å²) < 4.78 is 5.74. The molecule has 3 aromatic rings. The maximum absolute atomic E-state index is 12.4. The highest BCUT2D eigenvalue weighted by Crippen LogP contribution is 2.18. The molecule has 0 saturated carbocycles. The minimum Gasteiger partial charge on any atom is -0.489 e. The lowest BCUT2D eigenvalue weighted by molar-refractivity contribution is 0.0940. The van der Waals surface area contributed by atoms with Gasteiger partial charge < -0.3 is 10.1 Å². The average Bonchev–Trinajstić information content (AvgIpc) is 2.68. The van der Waals surface area contributed by atoms with Crippen molar-refractivity contribution >= 4 is 17.5 Å². The van der Waals surface area contributed by atoms with Gasteiger partial charge in [0.25, 0.3) is 5.91 Å². The standard InChI is InChI=1S/C22H20ClNO2/c1-16(18-7-11-20(23)12-8-18)24-22(25)19-9-13-21(14-10-19)26-15-17-5-3-2-4-6-17/h2-14,16H,15H2,1H3,(H,24,25)/t16-/m1/s1. The summed E-state index contributed by atoms with van der Waals surface area (Å²) in [6, 6.07) is 24.5. The Morgan fingerprint density at radius 2 is 1.62 bits per heavy atom. The fraction of sp³-hybridized carbons (Fsp3) is 0.136. The Morgan fingerprint density at radius 1 is 0.962 bits per heavy atom. The van der Waals surface area contributed by atoms with Crippen LogP contribution >= 0.6 is 11.6 Å². The van der Waals surface area contributed by atoms with E-state index in [2.05, 4.69) is 5.32 Å². The number of carbonyl (C=O) groups is 1. The summed E-state index contributed by atoms with van der Waals surface area (Å²) >= 11 is 5.90. The molecule has 132 valence electrons. The van der Waals surface area contributed by atoms with Crippen molar-refractivity contribution in [3.63, 3.8) is 0 Å². The van der Waals surface area contributed by atoms with Crippen LogP contribution in [0.4, 0.5) is 0 Å². The number of rotatable bonds is 6. The van der Waals surface area contributed by atoms with Gasteiger partial charge in [0.15, 0.2) is 0 Å². The number of halogens is 1. The summed E-state index contributed by atoms with van der Waals surface area (Å²) in [4.78, 5) is 12.4. The molecule has 0 fully saturated rings. The molecular weight excluding hydrogens is 346 g/mol. The van der Waals surface area contributed by atoms with E-state index in [-0.39, 0.29) is 11.9 Å². The molecule has 0 aliphatic carbocycles. The quantitative estimate of drug-likeness (QED) is 0.634. The molecule has 0 aliphatic heterocycles. The zero-order chi connectivity index (χ0) is 18.4. The minimum absolute atomic E-state index is 0.103. The van der Waals surface area contributed by atoms with Gasteiger partial charge in [-0.2, -0.15) is 0 Å². The fourth-order valence-electron chi connectivity index (χ4n) is 2.56. The Kier molecular flexibility index (Phi) is 5.92. The first kappa shape index (κ1) is 18.0. The van der Waals surface area contributed by atoms with Gasteiger partial charge in [0.1, 0.15) is 12.4 Å². The van der Waals surface area contributed by atoms with E-state index in [1.165, 1.54) is 0 Å². The van der Waals surface area contributed by atoms with Crippen molar-refractivity contribution in [3.8, 4) is 5.75 Å². The van der Waals surface area contributed by atoms with Gasteiger partial charge in [0, 0.05) is 10.6 Å².